The highest BCUT2D eigenvalue weighted by Gasteiger charge is 2.31. The first-order valence-electron chi connectivity index (χ1n) is 11.5. The van der Waals surface area contributed by atoms with Crippen molar-refractivity contribution in [1.82, 2.24) is 9.88 Å². The van der Waals surface area contributed by atoms with Gasteiger partial charge in [0.05, 0.1) is 12.6 Å². The predicted molar refractivity (Wildman–Crippen MR) is 128 cm³/mol. The number of fused-ring (bicyclic) bond motifs is 1. The van der Waals surface area contributed by atoms with Gasteiger partial charge < -0.3 is 14.7 Å². The van der Waals surface area contributed by atoms with Crippen molar-refractivity contribution in [1.29, 1.82) is 0 Å². The van der Waals surface area contributed by atoms with Gasteiger partial charge in [0.2, 0.25) is 0 Å². The summed E-state index contributed by atoms with van der Waals surface area (Å²) in [6.07, 6.45) is 6.67. The minimum absolute atomic E-state index is 0.0861. The number of carboxylic acid groups (broad SMARTS) is 1. The van der Waals surface area contributed by atoms with Gasteiger partial charge in [-0.05, 0) is 68.3 Å². The largest absolute Gasteiger partial charge is 0.497 e. The van der Waals surface area contributed by atoms with Crippen molar-refractivity contribution < 1.29 is 19.4 Å². The first-order chi connectivity index (χ1) is 15.5. The van der Waals surface area contributed by atoms with E-state index in [0.717, 1.165) is 54.4 Å². The molecule has 1 saturated carbocycles. The molecule has 1 aromatic heterocycles. The number of thioether (sulfide) groups is 1. The summed E-state index contributed by atoms with van der Waals surface area (Å²) in [5.41, 5.74) is 1.44. The maximum atomic E-state index is 13.1. The Morgan fingerprint density at radius 1 is 1.22 bits per heavy atom. The fraction of sp³-hybridized carbons (Fsp3) is 0.560. The SMILES string of the molecule is COc1ccc2nccc(C(=O)CC[C@@H]3CCN(CCSC4CC4)C[C@H]3CC(=O)O)c2c1. The first-order valence-corrected chi connectivity index (χ1v) is 12.6. The van der Waals surface area contributed by atoms with Crippen molar-refractivity contribution in [2.45, 2.75) is 43.8 Å². The van der Waals surface area contributed by atoms with Gasteiger partial charge >= 0.3 is 5.97 Å². The van der Waals surface area contributed by atoms with Crippen molar-refractivity contribution >= 4 is 34.4 Å². The molecule has 1 aliphatic carbocycles. The van der Waals surface area contributed by atoms with Gasteiger partial charge in [-0.2, -0.15) is 11.8 Å². The number of ketones is 1. The number of hydrogen-bond donors (Lipinski definition) is 1. The molecule has 2 aliphatic rings. The Hall–Kier alpha value is -2.12. The summed E-state index contributed by atoms with van der Waals surface area (Å²) in [6, 6.07) is 7.35. The molecule has 7 heteroatoms. The van der Waals surface area contributed by atoms with Gasteiger partial charge in [-0.25, -0.2) is 0 Å². The predicted octanol–water partition coefficient (Wildman–Crippen LogP) is 4.51. The second-order valence-corrected chi connectivity index (χ2v) is 10.4. The zero-order chi connectivity index (χ0) is 22.5. The molecule has 2 heterocycles. The van der Waals surface area contributed by atoms with Crippen LogP contribution in [0.5, 0.6) is 5.75 Å². The van der Waals surface area contributed by atoms with Crippen LogP contribution in [0.25, 0.3) is 10.9 Å². The third-order valence-corrected chi connectivity index (χ3v) is 8.05. The van der Waals surface area contributed by atoms with Crippen LogP contribution < -0.4 is 4.74 Å². The number of ether oxygens (including phenoxy) is 1. The van der Waals surface area contributed by atoms with Gasteiger partial charge in [0.25, 0.3) is 0 Å². The van der Waals surface area contributed by atoms with Gasteiger partial charge in [0.1, 0.15) is 5.75 Å². The van der Waals surface area contributed by atoms with Crippen molar-refractivity contribution in [2.24, 2.45) is 11.8 Å². The van der Waals surface area contributed by atoms with E-state index < -0.39 is 5.97 Å². The van der Waals surface area contributed by atoms with Gasteiger partial charge in [-0.15, -0.1) is 0 Å². The van der Waals surface area contributed by atoms with Crippen molar-refractivity contribution in [2.75, 3.05) is 32.5 Å². The van der Waals surface area contributed by atoms with E-state index in [-0.39, 0.29) is 24.0 Å². The fourth-order valence-electron chi connectivity index (χ4n) is 4.72. The van der Waals surface area contributed by atoms with E-state index in [9.17, 15) is 14.7 Å². The van der Waals surface area contributed by atoms with Crippen LogP contribution in [-0.2, 0) is 4.79 Å². The monoisotopic (exact) mass is 456 g/mol. The molecule has 1 aromatic carbocycles. The number of benzene rings is 1. The van der Waals surface area contributed by atoms with E-state index in [1.54, 1.807) is 19.4 Å². The van der Waals surface area contributed by atoms with E-state index in [1.807, 2.05) is 18.2 Å². The molecule has 0 bridgehead atoms. The lowest BCUT2D eigenvalue weighted by Crippen LogP contribution is -2.42. The molecule has 0 amide bonds. The van der Waals surface area contributed by atoms with Crippen molar-refractivity contribution in [3.05, 3.63) is 36.0 Å². The number of carboxylic acids is 1. The number of nitrogens with zero attached hydrogens (tertiary/aromatic N) is 2. The Morgan fingerprint density at radius 2 is 2.06 bits per heavy atom. The van der Waals surface area contributed by atoms with Crippen LogP contribution >= 0.6 is 11.8 Å². The van der Waals surface area contributed by atoms with Crippen LogP contribution in [0.1, 0.15) is 48.9 Å². The number of rotatable bonds is 11. The van der Waals surface area contributed by atoms with E-state index in [4.69, 9.17) is 4.74 Å². The second-order valence-electron chi connectivity index (χ2n) is 8.98. The molecule has 32 heavy (non-hydrogen) atoms. The van der Waals surface area contributed by atoms with Crippen molar-refractivity contribution in [3.8, 4) is 5.75 Å². The number of likely N-dealkylation sites (tertiary alicyclic amines) is 1. The van der Waals surface area contributed by atoms with Crippen LogP contribution in [-0.4, -0.2) is 64.5 Å². The average molecular weight is 457 g/mol. The minimum atomic E-state index is -0.743. The lowest BCUT2D eigenvalue weighted by molar-refractivity contribution is -0.139. The Kier molecular flexibility index (Phi) is 7.68. The van der Waals surface area contributed by atoms with Crippen LogP contribution in [0.3, 0.4) is 0 Å². The maximum Gasteiger partial charge on any atom is 0.303 e. The van der Waals surface area contributed by atoms with E-state index in [0.29, 0.717) is 17.7 Å². The summed E-state index contributed by atoms with van der Waals surface area (Å²) in [6.45, 7) is 2.86. The Balaban J connectivity index is 1.37. The van der Waals surface area contributed by atoms with E-state index >= 15 is 0 Å². The summed E-state index contributed by atoms with van der Waals surface area (Å²) in [7, 11) is 1.61. The third kappa shape index (κ3) is 6.01. The minimum Gasteiger partial charge on any atom is -0.497 e. The molecular formula is C25H32N2O4S. The molecular weight excluding hydrogens is 424 g/mol. The summed E-state index contributed by atoms with van der Waals surface area (Å²) in [5, 5.41) is 11.1. The Morgan fingerprint density at radius 3 is 2.81 bits per heavy atom. The lowest BCUT2D eigenvalue weighted by atomic mass is 9.79. The van der Waals surface area contributed by atoms with E-state index in [1.165, 1.54) is 12.8 Å². The average Bonchev–Trinajstić information content (AvgIpc) is 3.61. The molecule has 1 aliphatic heterocycles. The zero-order valence-electron chi connectivity index (χ0n) is 18.7. The molecule has 6 nitrogen and oxygen atoms in total. The molecule has 1 N–H and O–H groups in total. The number of aliphatic carboxylic acids is 1. The number of methoxy groups -OCH3 is 1. The number of Topliss-reactive ketones (excluding diaryl/α,β-unsaturated/α-hetero) is 1. The molecule has 172 valence electrons. The lowest BCUT2D eigenvalue weighted by Gasteiger charge is -2.38. The zero-order valence-corrected chi connectivity index (χ0v) is 19.5. The van der Waals surface area contributed by atoms with Gasteiger partial charge in [0.15, 0.2) is 5.78 Å². The van der Waals surface area contributed by atoms with Crippen LogP contribution in [0.4, 0.5) is 0 Å². The maximum absolute atomic E-state index is 13.1. The van der Waals surface area contributed by atoms with Gasteiger partial charge in [-0.1, -0.05) is 0 Å². The van der Waals surface area contributed by atoms with E-state index in [2.05, 4.69) is 21.6 Å². The number of carbonyl (C=O) groups is 2. The summed E-state index contributed by atoms with van der Waals surface area (Å²) in [5.74, 6) is 1.55. The smallest absolute Gasteiger partial charge is 0.303 e. The summed E-state index contributed by atoms with van der Waals surface area (Å²) < 4.78 is 5.32. The summed E-state index contributed by atoms with van der Waals surface area (Å²) in [4.78, 5) is 31.4. The molecule has 2 aromatic rings. The fourth-order valence-corrected chi connectivity index (χ4v) is 5.89. The molecule has 0 radical (unpaired) electrons. The van der Waals surface area contributed by atoms with Crippen molar-refractivity contribution in [3.63, 3.8) is 0 Å². The highest BCUT2D eigenvalue weighted by molar-refractivity contribution is 8.00. The van der Waals surface area contributed by atoms with Crippen LogP contribution in [0.2, 0.25) is 0 Å². The highest BCUT2D eigenvalue weighted by Crippen LogP contribution is 2.35. The van der Waals surface area contributed by atoms with Crippen LogP contribution in [0, 0.1) is 11.8 Å². The Labute approximate surface area is 193 Å². The molecule has 0 unspecified atom stereocenters. The molecule has 1 saturated heterocycles. The van der Waals surface area contributed by atoms with Gasteiger partial charge in [-0.3, -0.25) is 14.6 Å². The number of hydrogen-bond acceptors (Lipinski definition) is 6. The topological polar surface area (TPSA) is 79.7 Å². The highest BCUT2D eigenvalue weighted by atomic mass is 32.2. The normalized spacial score (nSPS) is 21.5. The first kappa shape index (κ1) is 23.1. The standard InChI is InChI=1S/C25H32N2O4S/c1-31-19-3-6-23-22(15-19)21(8-10-26-23)24(28)7-2-17-9-11-27(12-13-32-20-4-5-20)16-18(17)14-25(29)30/h3,6,8,10,15,17-18,20H,2,4-5,7,9,11-14,16H2,1H3,(H,29,30)/t17-,18-/m1/s1. The summed E-state index contributed by atoms with van der Waals surface area (Å²) >= 11 is 2.05. The number of piperidine rings is 1. The molecule has 4 rings (SSSR count). The molecule has 0 spiro atoms. The second kappa shape index (κ2) is 10.7. The number of pyridine rings is 1. The Bertz CT molecular complexity index is 962. The molecule has 2 fully saturated rings. The third-order valence-electron chi connectivity index (χ3n) is 6.69. The van der Waals surface area contributed by atoms with Gasteiger partial charge in [0, 0.05) is 54.1 Å². The number of aromatic nitrogens is 1. The van der Waals surface area contributed by atoms with Crippen LogP contribution in [0.15, 0.2) is 30.5 Å². The quantitative estimate of drug-likeness (QED) is 0.498. The number of carbonyl (C=O) groups excluding carboxylic acids is 1. The molecule has 2 atom stereocenters.